The van der Waals surface area contributed by atoms with Gasteiger partial charge in [-0.1, -0.05) is 6.92 Å². The molecule has 2 nitrogen and oxygen atoms in total. The molecule has 18 heavy (non-hydrogen) atoms. The van der Waals surface area contributed by atoms with Crippen LogP contribution in [0.15, 0.2) is 12.1 Å². The maximum atomic E-state index is 12.4. The SMILES string of the molecule is CCCOc1ccc(C(=O)C(F)(F)F)c(C)c1C. The Hall–Kier alpha value is -1.52. The smallest absolute Gasteiger partial charge is 0.454 e. The summed E-state index contributed by atoms with van der Waals surface area (Å²) in [5.41, 5.74) is 0.563. The van der Waals surface area contributed by atoms with E-state index < -0.39 is 12.0 Å². The van der Waals surface area contributed by atoms with E-state index in [4.69, 9.17) is 4.74 Å². The Labute approximate surface area is 104 Å². The Morgan fingerprint density at radius 2 is 1.83 bits per heavy atom. The highest BCUT2D eigenvalue weighted by atomic mass is 19.4. The van der Waals surface area contributed by atoms with E-state index in [1.807, 2.05) is 6.92 Å². The van der Waals surface area contributed by atoms with Crippen LogP contribution < -0.4 is 4.74 Å². The topological polar surface area (TPSA) is 26.3 Å². The second-order valence-electron chi connectivity index (χ2n) is 4.04. The first kappa shape index (κ1) is 14.5. The number of benzene rings is 1. The summed E-state index contributed by atoms with van der Waals surface area (Å²) < 4.78 is 42.5. The number of ketones is 1. The van der Waals surface area contributed by atoms with Gasteiger partial charge in [-0.15, -0.1) is 0 Å². The molecule has 0 radical (unpaired) electrons. The van der Waals surface area contributed by atoms with Crippen molar-refractivity contribution < 1.29 is 22.7 Å². The highest BCUT2D eigenvalue weighted by molar-refractivity contribution is 6.01. The van der Waals surface area contributed by atoms with Crippen molar-refractivity contribution in [3.63, 3.8) is 0 Å². The van der Waals surface area contributed by atoms with Crippen LogP contribution in [0.4, 0.5) is 13.2 Å². The number of hydrogen-bond acceptors (Lipinski definition) is 2. The molecular formula is C13H15F3O2. The number of carbonyl (C=O) groups is 1. The summed E-state index contributed by atoms with van der Waals surface area (Å²) in [4.78, 5) is 11.2. The van der Waals surface area contributed by atoms with Crippen molar-refractivity contribution in [1.29, 1.82) is 0 Å². The summed E-state index contributed by atoms with van der Waals surface area (Å²) in [6, 6.07) is 2.58. The average molecular weight is 260 g/mol. The van der Waals surface area contributed by atoms with Crippen LogP contribution in [0.1, 0.15) is 34.8 Å². The van der Waals surface area contributed by atoms with E-state index >= 15 is 0 Å². The average Bonchev–Trinajstić information content (AvgIpc) is 2.29. The normalized spacial score (nSPS) is 11.4. The fourth-order valence-corrected chi connectivity index (χ4v) is 1.56. The fraction of sp³-hybridized carbons (Fsp3) is 0.462. The van der Waals surface area contributed by atoms with E-state index in [2.05, 4.69) is 0 Å². The van der Waals surface area contributed by atoms with Gasteiger partial charge in [-0.05, 0) is 43.5 Å². The second-order valence-corrected chi connectivity index (χ2v) is 4.04. The summed E-state index contributed by atoms with van der Waals surface area (Å²) >= 11 is 0. The minimum atomic E-state index is -4.84. The lowest BCUT2D eigenvalue weighted by atomic mass is 9.99. The van der Waals surface area contributed by atoms with Gasteiger partial charge in [0.25, 0.3) is 5.78 Å². The first-order valence-corrected chi connectivity index (χ1v) is 5.63. The first-order valence-electron chi connectivity index (χ1n) is 5.63. The zero-order valence-electron chi connectivity index (χ0n) is 10.5. The molecule has 0 spiro atoms. The fourth-order valence-electron chi connectivity index (χ4n) is 1.56. The van der Waals surface area contributed by atoms with Gasteiger partial charge in [0, 0.05) is 5.56 Å². The van der Waals surface area contributed by atoms with Gasteiger partial charge >= 0.3 is 6.18 Å². The van der Waals surface area contributed by atoms with Crippen molar-refractivity contribution >= 4 is 5.78 Å². The maximum Gasteiger partial charge on any atom is 0.454 e. The summed E-state index contributed by atoms with van der Waals surface area (Å²) in [7, 11) is 0. The monoisotopic (exact) mass is 260 g/mol. The van der Waals surface area contributed by atoms with Gasteiger partial charge < -0.3 is 4.74 Å². The van der Waals surface area contributed by atoms with Crippen LogP contribution in [0.5, 0.6) is 5.75 Å². The quantitative estimate of drug-likeness (QED) is 0.769. The van der Waals surface area contributed by atoms with Crippen molar-refractivity contribution in [2.45, 2.75) is 33.4 Å². The van der Waals surface area contributed by atoms with Gasteiger partial charge in [0.2, 0.25) is 0 Å². The molecule has 0 aliphatic carbocycles. The number of ether oxygens (including phenoxy) is 1. The highest BCUT2D eigenvalue weighted by Gasteiger charge is 2.40. The Morgan fingerprint density at radius 3 is 2.33 bits per heavy atom. The van der Waals surface area contributed by atoms with Crippen LogP contribution in [-0.2, 0) is 0 Å². The van der Waals surface area contributed by atoms with Crippen LogP contribution in [0.3, 0.4) is 0 Å². The second kappa shape index (κ2) is 5.42. The van der Waals surface area contributed by atoms with Crippen molar-refractivity contribution in [1.82, 2.24) is 0 Å². The third-order valence-electron chi connectivity index (χ3n) is 2.70. The summed E-state index contributed by atoms with van der Waals surface area (Å²) in [5, 5.41) is 0. The van der Waals surface area contributed by atoms with Crippen LogP contribution in [0.2, 0.25) is 0 Å². The van der Waals surface area contributed by atoms with Gasteiger partial charge in [-0.3, -0.25) is 4.79 Å². The standard InChI is InChI=1S/C13H15F3O2/c1-4-7-18-11-6-5-10(8(2)9(11)3)12(17)13(14,15)16/h5-6H,4,7H2,1-3H3. The number of alkyl halides is 3. The van der Waals surface area contributed by atoms with Crippen molar-refractivity contribution in [2.24, 2.45) is 0 Å². The number of hydrogen-bond donors (Lipinski definition) is 0. The highest BCUT2D eigenvalue weighted by Crippen LogP contribution is 2.29. The molecule has 1 aromatic carbocycles. The Balaban J connectivity index is 3.12. The zero-order valence-corrected chi connectivity index (χ0v) is 10.5. The van der Waals surface area contributed by atoms with Gasteiger partial charge in [0.1, 0.15) is 5.75 Å². The third kappa shape index (κ3) is 3.03. The Morgan fingerprint density at radius 1 is 1.22 bits per heavy atom. The maximum absolute atomic E-state index is 12.4. The van der Waals surface area contributed by atoms with E-state index in [1.54, 1.807) is 6.92 Å². The summed E-state index contributed by atoms with van der Waals surface area (Å²) in [6.07, 6.45) is -4.04. The molecule has 0 saturated carbocycles. The molecule has 0 unspecified atom stereocenters. The molecule has 5 heteroatoms. The minimum Gasteiger partial charge on any atom is -0.493 e. The number of rotatable bonds is 4. The molecule has 0 N–H and O–H groups in total. The molecule has 0 aliphatic rings. The van der Waals surface area contributed by atoms with Crippen LogP contribution in [0.25, 0.3) is 0 Å². The van der Waals surface area contributed by atoms with Crippen LogP contribution in [-0.4, -0.2) is 18.6 Å². The van der Waals surface area contributed by atoms with Gasteiger partial charge in [-0.25, -0.2) is 0 Å². The lowest BCUT2D eigenvalue weighted by Crippen LogP contribution is -2.23. The predicted octanol–water partition coefficient (Wildman–Crippen LogP) is 3.84. The third-order valence-corrected chi connectivity index (χ3v) is 2.70. The Bertz CT molecular complexity index is 450. The van der Waals surface area contributed by atoms with E-state index in [1.165, 1.54) is 19.1 Å². The summed E-state index contributed by atoms with van der Waals surface area (Å²) in [6.45, 7) is 5.57. The van der Waals surface area contributed by atoms with Crippen LogP contribution >= 0.6 is 0 Å². The summed E-state index contributed by atoms with van der Waals surface area (Å²) in [5.74, 6) is -1.29. The van der Waals surface area contributed by atoms with Crippen molar-refractivity contribution in [2.75, 3.05) is 6.61 Å². The van der Waals surface area contributed by atoms with Crippen LogP contribution in [0, 0.1) is 13.8 Å². The van der Waals surface area contributed by atoms with Gasteiger partial charge in [-0.2, -0.15) is 13.2 Å². The predicted molar refractivity (Wildman–Crippen MR) is 62.1 cm³/mol. The molecule has 0 aliphatic heterocycles. The molecule has 100 valence electrons. The number of carbonyl (C=O) groups excluding carboxylic acids is 1. The van der Waals surface area contributed by atoms with Gasteiger partial charge in [0.15, 0.2) is 0 Å². The van der Waals surface area contributed by atoms with E-state index in [0.717, 1.165) is 6.42 Å². The molecular weight excluding hydrogens is 245 g/mol. The molecule has 0 aromatic heterocycles. The Kier molecular flexibility index (Phi) is 4.38. The lowest BCUT2D eigenvalue weighted by molar-refractivity contribution is -0.0885. The number of halogens is 3. The van der Waals surface area contributed by atoms with Gasteiger partial charge in [0.05, 0.1) is 6.61 Å². The van der Waals surface area contributed by atoms with Crippen molar-refractivity contribution in [3.05, 3.63) is 28.8 Å². The van der Waals surface area contributed by atoms with Crippen molar-refractivity contribution in [3.8, 4) is 5.75 Å². The zero-order chi connectivity index (χ0) is 13.9. The van der Waals surface area contributed by atoms with E-state index in [0.29, 0.717) is 23.5 Å². The molecule has 0 heterocycles. The lowest BCUT2D eigenvalue weighted by Gasteiger charge is -2.14. The largest absolute Gasteiger partial charge is 0.493 e. The van der Waals surface area contributed by atoms with E-state index in [-0.39, 0.29) is 5.56 Å². The minimum absolute atomic E-state index is 0.311. The first-order chi connectivity index (χ1) is 8.29. The molecule has 0 saturated heterocycles. The molecule has 0 amide bonds. The molecule has 0 fully saturated rings. The molecule has 1 aromatic rings. The number of Topliss-reactive ketones (excluding diaryl/α,β-unsaturated/α-hetero) is 1. The molecule has 1 rings (SSSR count). The molecule has 0 bridgehead atoms. The van der Waals surface area contributed by atoms with E-state index in [9.17, 15) is 18.0 Å². The molecule has 0 atom stereocenters.